The van der Waals surface area contributed by atoms with E-state index in [0.29, 0.717) is 18.2 Å². The van der Waals surface area contributed by atoms with E-state index in [4.69, 9.17) is 0 Å². The third-order valence-corrected chi connectivity index (χ3v) is 4.08. The second kappa shape index (κ2) is 5.77. The first-order chi connectivity index (χ1) is 11.7. The Morgan fingerprint density at radius 3 is 2.29 bits per heavy atom. The summed E-state index contributed by atoms with van der Waals surface area (Å²) >= 11 is 0. The molecule has 0 spiro atoms. The molecule has 0 unspecified atom stereocenters. The molecule has 1 aliphatic heterocycles. The third-order valence-electron chi connectivity index (χ3n) is 4.08. The standard InChI is InChI=1S/C19H15N3O2/c23-17-11-16(15-9-5-2-6-10-15)20-19-21(18(24)13-22(17)19)12-14-7-3-1-4-8-14/h1-11H,12-13H2. The molecule has 1 aromatic heterocycles. The number of anilines is 1. The molecule has 4 rings (SSSR count). The van der Waals surface area contributed by atoms with Gasteiger partial charge in [0, 0.05) is 11.6 Å². The molecule has 0 fully saturated rings. The first kappa shape index (κ1) is 14.4. The zero-order valence-corrected chi connectivity index (χ0v) is 12.9. The third kappa shape index (κ3) is 2.50. The van der Waals surface area contributed by atoms with Gasteiger partial charge in [-0.25, -0.2) is 4.98 Å². The van der Waals surface area contributed by atoms with E-state index >= 15 is 0 Å². The molecule has 1 amide bonds. The van der Waals surface area contributed by atoms with Crippen molar-refractivity contribution in [3.63, 3.8) is 0 Å². The van der Waals surface area contributed by atoms with Crippen LogP contribution in [0.25, 0.3) is 11.3 Å². The average Bonchev–Trinajstić information content (AvgIpc) is 2.93. The van der Waals surface area contributed by atoms with Gasteiger partial charge in [-0.05, 0) is 5.56 Å². The summed E-state index contributed by atoms with van der Waals surface area (Å²) in [6.07, 6.45) is 0. The second-order valence-corrected chi connectivity index (χ2v) is 5.70. The fourth-order valence-electron chi connectivity index (χ4n) is 2.86. The Kier molecular flexibility index (Phi) is 3.46. The maximum Gasteiger partial charge on any atom is 0.255 e. The first-order valence-corrected chi connectivity index (χ1v) is 7.74. The van der Waals surface area contributed by atoms with Crippen LogP contribution in [0.2, 0.25) is 0 Å². The fourth-order valence-corrected chi connectivity index (χ4v) is 2.86. The minimum Gasteiger partial charge on any atom is -0.276 e. The molecule has 1 aliphatic rings. The summed E-state index contributed by atoms with van der Waals surface area (Å²) in [4.78, 5) is 30.9. The molecule has 0 N–H and O–H groups in total. The van der Waals surface area contributed by atoms with E-state index < -0.39 is 0 Å². The summed E-state index contributed by atoms with van der Waals surface area (Å²) in [7, 11) is 0. The maximum atomic E-state index is 12.4. The number of amides is 1. The van der Waals surface area contributed by atoms with Gasteiger partial charge in [0.05, 0.1) is 12.2 Å². The highest BCUT2D eigenvalue weighted by atomic mass is 16.2. The molecule has 2 heterocycles. The van der Waals surface area contributed by atoms with E-state index in [2.05, 4.69) is 4.98 Å². The number of rotatable bonds is 3. The molecule has 0 saturated heterocycles. The lowest BCUT2D eigenvalue weighted by Gasteiger charge is -2.16. The zero-order chi connectivity index (χ0) is 16.5. The molecular formula is C19H15N3O2. The molecule has 5 nitrogen and oxygen atoms in total. The van der Waals surface area contributed by atoms with Crippen LogP contribution in [0.15, 0.2) is 71.5 Å². The molecule has 118 valence electrons. The Hall–Kier alpha value is -3.21. The Labute approximate surface area is 138 Å². The van der Waals surface area contributed by atoms with Crippen molar-refractivity contribution in [2.24, 2.45) is 0 Å². The normalized spacial score (nSPS) is 13.2. The highest BCUT2D eigenvalue weighted by Gasteiger charge is 2.30. The lowest BCUT2D eigenvalue weighted by molar-refractivity contribution is -0.118. The number of benzene rings is 2. The predicted molar refractivity (Wildman–Crippen MR) is 91.6 cm³/mol. The maximum absolute atomic E-state index is 12.4. The smallest absolute Gasteiger partial charge is 0.255 e. The first-order valence-electron chi connectivity index (χ1n) is 7.74. The minimum absolute atomic E-state index is 0.0447. The van der Waals surface area contributed by atoms with E-state index in [0.717, 1.165) is 11.1 Å². The van der Waals surface area contributed by atoms with Crippen molar-refractivity contribution < 1.29 is 4.79 Å². The number of nitrogens with zero attached hydrogens (tertiary/aromatic N) is 3. The summed E-state index contributed by atoms with van der Waals surface area (Å²) in [6.45, 7) is 0.452. The lowest BCUT2D eigenvalue weighted by atomic mass is 10.1. The van der Waals surface area contributed by atoms with Gasteiger partial charge < -0.3 is 0 Å². The highest BCUT2D eigenvalue weighted by molar-refractivity contribution is 5.95. The number of hydrogen-bond acceptors (Lipinski definition) is 3. The van der Waals surface area contributed by atoms with Crippen LogP contribution < -0.4 is 10.5 Å². The predicted octanol–water partition coefficient (Wildman–Crippen LogP) is 2.46. The van der Waals surface area contributed by atoms with Crippen LogP contribution in [0.1, 0.15) is 5.56 Å². The molecule has 0 atom stereocenters. The molecule has 0 saturated carbocycles. The molecule has 24 heavy (non-hydrogen) atoms. The molecule has 3 aromatic rings. The number of carbonyl (C=O) groups is 1. The summed E-state index contributed by atoms with van der Waals surface area (Å²) in [5.41, 5.74) is 2.23. The number of fused-ring (bicyclic) bond motifs is 1. The van der Waals surface area contributed by atoms with Crippen LogP contribution in [0.5, 0.6) is 0 Å². The van der Waals surface area contributed by atoms with Gasteiger partial charge in [0.1, 0.15) is 6.54 Å². The zero-order valence-electron chi connectivity index (χ0n) is 12.9. The van der Waals surface area contributed by atoms with Crippen molar-refractivity contribution >= 4 is 11.9 Å². The quantitative estimate of drug-likeness (QED) is 0.745. The van der Waals surface area contributed by atoms with Crippen molar-refractivity contribution in [3.05, 3.63) is 82.6 Å². The van der Waals surface area contributed by atoms with Gasteiger partial charge >= 0.3 is 0 Å². The van der Waals surface area contributed by atoms with Gasteiger partial charge in [0.25, 0.3) is 5.56 Å². The van der Waals surface area contributed by atoms with E-state index in [1.54, 1.807) is 4.90 Å². The van der Waals surface area contributed by atoms with E-state index in [1.165, 1.54) is 10.6 Å². The van der Waals surface area contributed by atoms with E-state index in [-0.39, 0.29) is 18.0 Å². The Morgan fingerprint density at radius 2 is 1.58 bits per heavy atom. The SMILES string of the molecule is O=C1Cn2c(nc(-c3ccccc3)cc2=O)N1Cc1ccccc1. The average molecular weight is 317 g/mol. The van der Waals surface area contributed by atoms with Crippen molar-refractivity contribution in [3.8, 4) is 11.3 Å². The van der Waals surface area contributed by atoms with Crippen LogP contribution in [0.4, 0.5) is 5.95 Å². The van der Waals surface area contributed by atoms with Gasteiger partial charge in [-0.1, -0.05) is 60.7 Å². The topological polar surface area (TPSA) is 55.2 Å². The van der Waals surface area contributed by atoms with E-state index in [9.17, 15) is 9.59 Å². The van der Waals surface area contributed by atoms with Crippen LogP contribution >= 0.6 is 0 Å². The van der Waals surface area contributed by atoms with Crippen LogP contribution in [0.3, 0.4) is 0 Å². The van der Waals surface area contributed by atoms with Gasteiger partial charge in [-0.3, -0.25) is 19.1 Å². The summed E-state index contributed by atoms with van der Waals surface area (Å²) in [5, 5.41) is 0. The highest BCUT2D eigenvalue weighted by Crippen LogP contribution is 2.24. The van der Waals surface area contributed by atoms with Crippen LogP contribution in [-0.4, -0.2) is 15.5 Å². The molecule has 0 aliphatic carbocycles. The summed E-state index contributed by atoms with van der Waals surface area (Å²) in [6, 6.07) is 20.7. The van der Waals surface area contributed by atoms with Crippen molar-refractivity contribution in [2.45, 2.75) is 13.1 Å². The number of aromatic nitrogens is 2. The molecule has 0 bridgehead atoms. The summed E-state index contributed by atoms with van der Waals surface area (Å²) in [5.74, 6) is 0.295. The number of hydrogen-bond donors (Lipinski definition) is 0. The van der Waals surface area contributed by atoms with Crippen LogP contribution in [-0.2, 0) is 17.9 Å². The van der Waals surface area contributed by atoms with Crippen molar-refractivity contribution in [1.29, 1.82) is 0 Å². The minimum atomic E-state index is -0.206. The fraction of sp³-hybridized carbons (Fsp3) is 0.105. The monoisotopic (exact) mass is 317 g/mol. The van der Waals surface area contributed by atoms with Crippen molar-refractivity contribution in [1.82, 2.24) is 9.55 Å². The van der Waals surface area contributed by atoms with Gasteiger partial charge in [-0.2, -0.15) is 0 Å². The van der Waals surface area contributed by atoms with Crippen LogP contribution in [0, 0.1) is 0 Å². The van der Waals surface area contributed by atoms with Gasteiger partial charge in [0.2, 0.25) is 11.9 Å². The van der Waals surface area contributed by atoms with Gasteiger partial charge in [-0.15, -0.1) is 0 Å². The molecule has 2 aromatic carbocycles. The largest absolute Gasteiger partial charge is 0.276 e. The second-order valence-electron chi connectivity index (χ2n) is 5.70. The Bertz CT molecular complexity index is 949. The summed E-state index contributed by atoms with van der Waals surface area (Å²) < 4.78 is 1.43. The molecular weight excluding hydrogens is 302 g/mol. The Balaban J connectivity index is 1.78. The number of carbonyl (C=O) groups excluding carboxylic acids is 1. The Morgan fingerprint density at radius 1 is 0.917 bits per heavy atom. The van der Waals surface area contributed by atoms with Gasteiger partial charge in [0.15, 0.2) is 0 Å². The molecule has 5 heteroatoms. The van der Waals surface area contributed by atoms with Crippen molar-refractivity contribution in [2.75, 3.05) is 4.90 Å². The molecule has 0 radical (unpaired) electrons. The lowest BCUT2D eigenvalue weighted by Crippen LogP contribution is -2.26. The van der Waals surface area contributed by atoms with E-state index in [1.807, 2.05) is 60.7 Å².